The topological polar surface area (TPSA) is 93.5 Å². The molecule has 1 N–H and O–H groups in total. The van der Waals surface area contributed by atoms with Crippen LogP contribution in [-0.2, 0) is 22.7 Å². The second kappa shape index (κ2) is 12.4. The number of carbonyl (C=O) groups is 3. The predicted molar refractivity (Wildman–Crippen MR) is 148 cm³/mol. The lowest BCUT2D eigenvalue weighted by atomic mass is 10.1. The van der Waals surface area contributed by atoms with Gasteiger partial charge < -0.3 is 19.8 Å². The van der Waals surface area contributed by atoms with E-state index in [9.17, 15) is 22.8 Å². The average Bonchev–Trinajstić information content (AvgIpc) is 3.31. The van der Waals surface area contributed by atoms with Crippen LogP contribution in [0.15, 0.2) is 77.8 Å². The molecule has 2 aliphatic heterocycles. The van der Waals surface area contributed by atoms with E-state index in [-0.39, 0.29) is 18.4 Å². The maximum atomic E-state index is 13.5. The first kappa shape index (κ1) is 29.6. The van der Waals surface area contributed by atoms with Crippen LogP contribution < -0.4 is 4.90 Å². The lowest BCUT2D eigenvalue weighted by molar-refractivity contribution is -0.192. The van der Waals surface area contributed by atoms with Gasteiger partial charge in [0.15, 0.2) is 0 Å². The molecule has 5 rings (SSSR count). The molecule has 2 heterocycles. The minimum atomic E-state index is -5.08. The summed E-state index contributed by atoms with van der Waals surface area (Å²) < 4.78 is 31.7. The summed E-state index contributed by atoms with van der Waals surface area (Å²) in [5.74, 6) is -2.09. The molecule has 2 amide bonds. The Hall–Kier alpha value is -4.38. The summed E-state index contributed by atoms with van der Waals surface area (Å²) in [4.78, 5) is 45.7. The van der Waals surface area contributed by atoms with Crippen molar-refractivity contribution >= 4 is 40.9 Å². The molecule has 0 radical (unpaired) electrons. The lowest BCUT2D eigenvalue weighted by Crippen LogP contribution is -2.39. The summed E-state index contributed by atoms with van der Waals surface area (Å²) in [7, 11) is 2.04. The number of hydrogen-bond acceptors (Lipinski definition) is 5. The Morgan fingerprint density at radius 2 is 1.68 bits per heavy atom. The fourth-order valence-corrected chi connectivity index (χ4v) is 4.61. The van der Waals surface area contributed by atoms with Gasteiger partial charge in [0, 0.05) is 42.0 Å². The van der Waals surface area contributed by atoms with Gasteiger partial charge in [0.05, 0.1) is 13.1 Å². The summed E-state index contributed by atoms with van der Waals surface area (Å²) >= 11 is 5.98. The largest absolute Gasteiger partial charge is 0.490 e. The maximum absolute atomic E-state index is 13.5. The van der Waals surface area contributed by atoms with Crippen molar-refractivity contribution in [2.75, 3.05) is 31.6 Å². The molecule has 3 aromatic rings. The highest BCUT2D eigenvalue weighted by atomic mass is 35.5. The molecule has 0 aliphatic carbocycles. The van der Waals surface area contributed by atoms with E-state index < -0.39 is 12.1 Å². The number of amidine groups is 1. The highest BCUT2D eigenvalue weighted by Crippen LogP contribution is 2.28. The number of carboxylic acid groups (broad SMARTS) is 1. The highest BCUT2D eigenvalue weighted by molar-refractivity contribution is 6.30. The first-order valence-corrected chi connectivity index (χ1v) is 12.9. The van der Waals surface area contributed by atoms with Crippen molar-refractivity contribution in [3.8, 4) is 0 Å². The zero-order chi connectivity index (χ0) is 29.7. The number of aliphatic imine (C=N–C) groups is 1. The van der Waals surface area contributed by atoms with Crippen molar-refractivity contribution in [3.05, 3.63) is 100 Å². The molecular formula is C29H26ClF3N4O4. The molecule has 12 heteroatoms. The number of amides is 2. The van der Waals surface area contributed by atoms with Gasteiger partial charge >= 0.3 is 12.1 Å². The van der Waals surface area contributed by atoms with Gasteiger partial charge in [-0.3, -0.25) is 14.6 Å². The number of alkyl halides is 3. The van der Waals surface area contributed by atoms with Gasteiger partial charge in [0.1, 0.15) is 12.4 Å². The Labute approximate surface area is 239 Å². The summed E-state index contributed by atoms with van der Waals surface area (Å²) in [5.41, 5.74) is 4.34. The standard InChI is InChI=1S/C27H25ClN4O2.C2HF3O2/c1-30-14-13-29-26(30)21-7-4-5-19(15-21)16-32-24-8-3-2-6-22(24)17-31(18-25(32)33)27(34)20-9-11-23(28)12-10-20;3-2(4,5)1(6)7/h2-12,15H,13-14,16-18H2,1H3;(H,6,7). The van der Waals surface area contributed by atoms with E-state index in [0.717, 1.165) is 41.3 Å². The molecular weight excluding hydrogens is 561 g/mol. The predicted octanol–water partition coefficient (Wildman–Crippen LogP) is 4.85. The molecule has 3 aromatic carbocycles. The monoisotopic (exact) mass is 586 g/mol. The van der Waals surface area contributed by atoms with E-state index >= 15 is 0 Å². The number of aliphatic carboxylic acids is 1. The SMILES string of the molecule is CN1CCN=C1c1cccc(CN2C(=O)CN(C(=O)c3ccc(Cl)cc3)Cc3ccccc32)c1.O=C(O)C(F)(F)F. The molecule has 0 bridgehead atoms. The second-order valence-electron chi connectivity index (χ2n) is 9.41. The van der Waals surface area contributed by atoms with Crippen molar-refractivity contribution in [1.82, 2.24) is 9.80 Å². The zero-order valence-corrected chi connectivity index (χ0v) is 22.7. The van der Waals surface area contributed by atoms with Gasteiger partial charge in [-0.15, -0.1) is 0 Å². The van der Waals surface area contributed by atoms with Crippen LogP contribution in [0.3, 0.4) is 0 Å². The number of fused-ring (bicyclic) bond motifs is 1. The van der Waals surface area contributed by atoms with Gasteiger partial charge in [0.2, 0.25) is 5.91 Å². The summed E-state index contributed by atoms with van der Waals surface area (Å²) in [6.45, 7) is 2.50. The Kier molecular flexibility index (Phi) is 8.97. The van der Waals surface area contributed by atoms with Gasteiger partial charge in [-0.1, -0.05) is 48.0 Å². The first-order chi connectivity index (χ1) is 19.4. The zero-order valence-electron chi connectivity index (χ0n) is 21.9. The average molecular weight is 587 g/mol. The summed E-state index contributed by atoms with van der Waals surface area (Å²) in [6, 6.07) is 22.7. The van der Waals surface area contributed by atoms with E-state index in [1.54, 1.807) is 34.1 Å². The number of likely N-dealkylation sites (N-methyl/N-ethyl adjacent to an activating group) is 1. The minimum absolute atomic E-state index is 0.00523. The van der Waals surface area contributed by atoms with Crippen molar-refractivity contribution in [2.45, 2.75) is 19.3 Å². The van der Waals surface area contributed by atoms with E-state index in [0.29, 0.717) is 23.7 Å². The third-order valence-corrected chi connectivity index (χ3v) is 6.73. The Balaban J connectivity index is 0.000000493. The van der Waals surface area contributed by atoms with Crippen LogP contribution in [0.4, 0.5) is 18.9 Å². The van der Waals surface area contributed by atoms with E-state index in [1.807, 2.05) is 43.4 Å². The lowest BCUT2D eigenvalue weighted by Gasteiger charge is -2.24. The van der Waals surface area contributed by atoms with Gasteiger partial charge in [0.25, 0.3) is 5.91 Å². The van der Waals surface area contributed by atoms with Crippen LogP contribution >= 0.6 is 11.6 Å². The smallest absolute Gasteiger partial charge is 0.475 e. The molecule has 0 aromatic heterocycles. The molecule has 0 atom stereocenters. The second-order valence-corrected chi connectivity index (χ2v) is 9.84. The molecule has 0 fully saturated rings. The number of anilines is 1. The quantitative estimate of drug-likeness (QED) is 0.472. The Morgan fingerprint density at radius 3 is 2.32 bits per heavy atom. The first-order valence-electron chi connectivity index (χ1n) is 12.5. The van der Waals surface area contributed by atoms with Crippen molar-refractivity contribution < 1.29 is 32.7 Å². The molecule has 214 valence electrons. The van der Waals surface area contributed by atoms with Crippen LogP contribution in [0.2, 0.25) is 5.02 Å². The van der Waals surface area contributed by atoms with Crippen LogP contribution in [0.1, 0.15) is 27.0 Å². The summed E-state index contributed by atoms with van der Waals surface area (Å²) in [6.07, 6.45) is -5.08. The Bertz CT molecular complexity index is 1480. The van der Waals surface area contributed by atoms with Gasteiger partial charge in [-0.2, -0.15) is 13.2 Å². The number of rotatable bonds is 4. The molecule has 0 saturated heterocycles. The van der Waals surface area contributed by atoms with E-state index in [4.69, 9.17) is 21.5 Å². The number of para-hydroxylation sites is 1. The molecule has 8 nitrogen and oxygen atoms in total. The molecule has 2 aliphatic rings. The van der Waals surface area contributed by atoms with Gasteiger partial charge in [-0.25, -0.2) is 4.79 Å². The van der Waals surface area contributed by atoms with Crippen molar-refractivity contribution in [1.29, 1.82) is 0 Å². The van der Waals surface area contributed by atoms with Crippen LogP contribution in [0.25, 0.3) is 0 Å². The van der Waals surface area contributed by atoms with Crippen LogP contribution in [-0.4, -0.2) is 71.4 Å². The summed E-state index contributed by atoms with van der Waals surface area (Å²) in [5, 5.41) is 7.69. The highest BCUT2D eigenvalue weighted by Gasteiger charge is 2.38. The van der Waals surface area contributed by atoms with Crippen LogP contribution in [0, 0.1) is 0 Å². The number of carbonyl (C=O) groups excluding carboxylic acids is 2. The maximum Gasteiger partial charge on any atom is 0.490 e. The van der Waals surface area contributed by atoms with Crippen molar-refractivity contribution in [3.63, 3.8) is 0 Å². The number of nitrogens with zero attached hydrogens (tertiary/aromatic N) is 4. The number of benzene rings is 3. The fraction of sp³-hybridized carbons (Fsp3) is 0.241. The molecule has 0 unspecified atom stereocenters. The van der Waals surface area contributed by atoms with E-state index in [2.05, 4.69) is 22.0 Å². The normalized spacial score (nSPS) is 15.0. The number of carboxylic acids is 1. The third-order valence-electron chi connectivity index (χ3n) is 6.48. The Morgan fingerprint density at radius 1 is 1.00 bits per heavy atom. The third kappa shape index (κ3) is 7.23. The minimum Gasteiger partial charge on any atom is -0.475 e. The fourth-order valence-electron chi connectivity index (χ4n) is 4.48. The molecule has 0 saturated carbocycles. The van der Waals surface area contributed by atoms with Gasteiger partial charge in [-0.05, 0) is 47.5 Å². The van der Waals surface area contributed by atoms with E-state index in [1.165, 1.54) is 0 Å². The number of halogens is 4. The number of hydrogen-bond donors (Lipinski definition) is 1. The van der Waals surface area contributed by atoms with Crippen LogP contribution in [0.5, 0.6) is 0 Å². The molecule has 41 heavy (non-hydrogen) atoms. The molecule has 0 spiro atoms. The van der Waals surface area contributed by atoms with Crippen molar-refractivity contribution in [2.24, 2.45) is 4.99 Å².